The zero-order chi connectivity index (χ0) is 17.5. The molecular formula is C14H17Cl2N3O4S. The van der Waals surface area contributed by atoms with E-state index in [1.165, 1.54) is 12.1 Å². The summed E-state index contributed by atoms with van der Waals surface area (Å²) in [4.78, 5) is 10.2. The van der Waals surface area contributed by atoms with E-state index in [1.807, 2.05) is 0 Å². The molecule has 1 aliphatic heterocycles. The number of halogens is 2. The van der Waals surface area contributed by atoms with E-state index in [0.717, 1.165) is 12.8 Å². The largest absolute Gasteiger partial charge is 0.380 e. The highest BCUT2D eigenvalue weighted by molar-refractivity contribution is 7.90. The average Bonchev–Trinajstić information content (AvgIpc) is 3.36. The Labute approximate surface area is 150 Å². The number of nitrogens with one attached hydrogen (secondary N) is 1. The van der Waals surface area contributed by atoms with Gasteiger partial charge in [0.15, 0.2) is 0 Å². The summed E-state index contributed by atoms with van der Waals surface area (Å²) in [7, 11) is -3.14. The van der Waals surface area contributed by atoms with E-state index in [1.54, 1.807) is 4.31 Å². The summed E-state index contributed by atoms with van der Waals surface area (Å²) in [5.74, 6) is 0. The molecule has 3 rings (SSSR count). The van der Waals surface area contributed by atoms with Crippen LogP contribution in [0.1, 0.15) is 25.7 Å². The van der Waals surface area contributed by atoms with E-state index >= 15 is 0 Å². The van der Waals surface area contributed by atoms with Crippen LogP contribution >= 0.6 is 23.2 Å². The van der Waals surface area contributed by atoms with Gasteiger partial charge in [0, 0.05) is 31.3 Å². The van der Waals surface area contributed by atoms with Gasteiger partial charge in [-0.15, -0.1) is 0 Å². The number of nitro groups is 1. The number of nitrogens with zero attached hydrogens (tertiary/aromatic N) is 2. The van der Waals surface area contributed by atoms with Crippen molar-refractivity contribution in [1.82, 2.24) is 4.31 Å². The highest BCUT2D eigenvalue weighted by atomic mass is 35.5. The number of hydrogen-bond acceptors (Lipinski definition) is 5. The van der Waals surface area contributed by atoms with Crippen LogP contribution in [0.25, 0.3) is 0 Å². The summed E-state index contributed by atoms with van der Waals surface area (Å²) in [5, 5.41) is 14.2. The standard InChI is InChI=1S/C14H17Cl2N3O4S/c15-12-7-10(19(20)21)8-13(16)14(12)17-9-3-5-18(6-4-9)24(22,23)11-1-2-11/h7-9,11,17H,1-6H2. The van der Waals surface area contributed by atoms with Gasteiger partial charge < -0.3 is 5.32 Å². The molecule has 1 saturated carbocycles. The Bertz CT molecular complexity index is 736. The van der Waals surface area contributed by atoms with Gasteiger partial charge in [0.2, 0.25) is 10.0 Å². The SMILES string of the molecule is O=[N+]([O-])c1cc(Cl)c(NC2CCN(S(=O)(=O)C3CC3)CC2)c(Cl)c1. The van der Waals surface area contributed by atoms with Crippen molar-refractivity contribution in [2.24, 2.45) is 0 Å². The van der Waals surface area contributed by atoms with Gasteiger partial charge in [-0.05, 0) is 25.7 Å². The van der Waals surface area contributed by atoms with Crippen molar-refractivity contribution in [2.75, 3.05) is 18.4 Å². The summed E-state index contributed by atoms with van der Waals surface area (Å²) < 4.78 is 26.0. The van der Waals surface area contributed by atoms with Crippen LogP contribution in [0.4, 0.5) is 11.4 Å². The average molecular weight is 394 g/mol. The first kappa shape index (κ1) is 17.7. The number of piperidine rings is 1. The molecule has 2 aliphatic rings. The predicted molar refractivity (Wildman–Crippen MR) is 93.3 cm³/mol. The van der Waals surface area contributed by atoms with Crippen molar-refractivity contribution >= 4 is 44.6 Å². The van der Waals surface area contributed by atoms with Gasteiger partial charge in [-0.25, -0.2) is 12.7 Å². The monoisotopic (exact) mass is 393 g/mol. The fourth-order valence-electron chi connectivity index (χ4n) is 2.84. The van der Waals surface area contributed by atoms with Gasteiger partial charge in [0.05, 0.1) is 25.9 Å². The van der Waals surface area contributed by atoms with Crippen LogP contribution < -0.4 is 5.32 Å². The van der Waals surface area contributed by atoms with Gasteiger partial charge in [-0.3, -0.25) is 10.1 Å². The molecule has 7 nitrogen and oxygen atoms in total. The van der Waals surface area contributed by atoms with E-state index in [9.17, 15) is 18.5 Å². The van der Waals surface area contributed by atoms with Gasteiger partial charge in [-0.1, -0.05) is 23.2 Å². The number of nitro benzene ring substituents is 1. The number of anilines is 1. The molecular weight excluding hydrogens is 377 g/mol. The Morgan fingerprint density at radius 3 is 2.12 bits per heavy atom. The molecule has 1 aromatic rings. The lowest BCUT2D eigenvalue weighted by Crippen LogP contribution is -2.43. The summed E-state index contributed by atoms with van der Waals surface area (Å²) in [5.41, 5.74) is 0.285. The maximum atomic E-state index is 12.2. The van der Waals surface area contributed by atoms with Crippen LogP contribution in [0.15, 0.2) is 12.1 Å². The zero-order valence-electron chi connectivity index (χ0n) is 12.7. The number of sulfonamides is 1. The van der Waals surface area contributed by atoms with Crippen LogP contribution in [-0.2, 0) is 10.0 Å². The normalized spacial score (nSPS) is 20.1. The number of hydrogen-bond donors (Lipinski definition) is 1. The smallest absolute Gasteiger partial charge is 0.272 e. The molecule has 24 heavy (non-hydrogen) atoms. The Kier molecular flexibility index (Phi) is 4.92. The predicted octanol–water partition coefficient (Wildman–Crippen LogP) is 3.27. The third kappa shape index (κ3) is 3.61. The molecule has 132 valence electrons. The van der Waals surface area contributed by atoms with Crippen molar-refractivity contribution in [2.45, 2.75) is 37.0 Å². The Morgan fingerprint density at radius 2 is 1.67 bits per heavy atom. The minimum Gasteiger partial charge on any atom is -0.380 e. The first-order valence-electron chi connectivity index (χ1n) is 7.68. The first-order chi connectivity index (χ1) is 11.3. The minimum absolute atomic E-state index is 0.0205. The summed E-state index contributed by atoms with van der Waals surface area (Å²) in [6, 6.07) is 2.53. The molecule has 0 bridgehead atoms. The number of benzene rings is 1. The molecule has 0 radical (unpaired) electrons. The third-order valence-electron chi connectivity index (χ3n) is 4.35. The van der Waals surface area contributed by atoms with Crippen molar-refractivity contribution < 1.29 is 13.3 Å². The van der Waals surface area contributed by atoms with Crippen molar-refractivity contribution in [1.29, 1.82) is 0 Å². The summed E-state index contributed by atoms with van der Waals surface area (Å²) in [6.45, 7) is 0.914. The van der Waals surface area contributed by atoms with Crippen molar-refractivity contribution in [3.8, 4) is 0 Å². The van der Waals surface area contributed by atoms with Gasteiger partial charge >= 0.3 is 0 Å². The fraction of sp³-hybridized carbons (Fsp3) is 0.571. The van der Waals surface area contributed by atoms with Crippen molar-refractivity contribution in [3.63, 3.8) is 0 Å². The molecule has 1 aromatic carbocycles. The quantitative estimate of drug-likeness (QED) is 0.611. The maximum absolute atomic E-state index is 12.2. The lowest BCUT2D eigenvalue weighted by atomic mass is 10.1. The Hall–Kier alpha value is -1.09. The molecule has 1 heterocycles. The fourth-order valence-corrected chi connectivity index (χ4v) is 5.30. The minimum atomic E-state index is -3.14. The third-order valence-corrected chi connectivity index (χ3v) is 7.34. The second-order valence-corrected chi connectivity index (χ2v) is 9.13. The lowest BCUT2D eigenvalue weighted by Gasteiger charge is -2.32. The maximum Gasteiger partial charge on any atom is 0.272 e. The highest BCUT2D eigenvalue weighted by Crippen LogP contribution is 2.37. The van der Waals surface area contributed by atoms with Gasteiger partial charge in [-0.2, -0.15) is 0 Å². The van der Waals surface area contributed by atoms with Crippen LogP contribution in [0.5, 0.6) is 0 Å². The van der Waals surface area contributed by atoms with E-state index < -0.39 is 14.9 Å². The second-order valence-electron chi connectivity index (χ2n) is 6.10. The first-order valence-corrected chi connectivity index (χ1v) is 9.94. The second kappa shape index (κ2) is 6.67. The Morgan fingerprint density at radius 1 is 1.12 bits per heavy atom. The molecule has 1 aliphatic carbocycles. The molecule has 1 saturated heterocycles. The molecule has 0 aromatic heterocycles. The van der Waals surface area contributed by atoms with Crippen LogP contribution in [0, 0.1) is 10.1 Å². The van der Waals surface area contributed by atoms with Crippen molar-refractivity contribution in [3.05, 3.63) is 32.3 Å². The van der Waals surface area contributed by atoms with Gasteiger partial charge in [0.1, 0.15) is 0 Å². The van der Waals surface area contributed by atoms with Crippen LogP contribution in [0.2, 0.25) is 10.0 Å². The number of non-ortho nitro benzene ring substituents is 1. The molecule has 2 fully saturated rings. The molecule has 1 N–H and O–H groups in total. The molecule has 10 heteroatoms. The van der Waals surface area contributed by atoms with E-state index in [0.29, 0.717) is 31.6 Å². The van der Waals surface area contributed by atoms with E-state index in [4.69, 9.17) is 23.2 Å². The topological polar surface area (TPSA) is 92.6 Å². The van der Waals surface area contributed by atoms with Gasteiger partial charge in [0.25, 0.3) is 5.69 Å². The summed E-state index contributed by atoms with van der Waals surface area (Å²) >= 11 is 12.2. The van der Waals surface area contributed by atoms with Crippen LogP contribution in [-0.4, -0.2) is 42.0 Å². The van der Waals surface area contributed by atoms with Crippen LogP contribution in [0.3, 0.4) is 0 Å². The Balaban J connectivity index is 1.65. The molecule has 0 amide bonds. The highest BCUT2D eigenvalue weighted by Gasteiger charge is 2.41. The molecule has 0 spiro atoms. The lowest BCUT2D eigenvalue weighted by molar-refractivity contribution is -0.384. The molecule has 0 atom stereocenters. The number of rotatable bonds is 5. The van der Waals surface area contributed by atoms with E-state index in [-0.39, 0.29) is 27.0 Å². The summed E-state index contributed by atoms with van der Waals surface area (Å²) in [6.07, 6.45) is 2.79. The molecule has 0 unspecified atom stereocenters. The van der Waals surface area contributed by atoms with E-state index in [2.05, 4.69) is 5.32 Å². The zero-order valence-corrected chi connectivity index (χ0v) is 15.1.